The van der Waals surface area contributed by atoms with Gasteiger partial charge in [-0.25, -0.2) is 0 Å². The third-order valence-corrected chi connectivity index (χ3v) is 5.46. The van der Waals surface area contributed by atoms with Crippen molar-refractivity contribution >= 4 is 5.91 Å². The molecule has 0 radical (unpaired) electrons. The van der Waals surface area contributed by atoms with Gasteiger partial charge in [-0.15, -0.1) is 0 Å². The molecule has 0 bridgehead atoms. The minimum Gasteiger partial charge on any atom is -0.366 e. The molecule has 2 N–H and O–H groups in total. The second-order valence-electron chi connectivity index (χ2n) is 6.84. The van der Waals surface area contributed by atoms with Crippen molar-refractivity contribution < 1.29 is 4.79 Å². The molecule has 0 aliphatic heterocycles. The van der Waals surface area contributed by atoms with Crippen molar-refractivity contribution in [2.45, 2.75) is 76.0 Å². The summed E-state index contributed by atoms with van der Waals surface area (Å²) in [5.41, 5.74) is 9.24. The van der Waals surface area contributed by atoms with Crippen LogP contribution in [0.2, 0.25) is 0 Å². The number of hydrogen-bond donors (Lipinski definition) is 1. The van der Waals surface area contributed by atoms with Crippen LogP contribution in [0, 0.1) is 0 Å². The molecule has 2 aliphatic carbocycles. The van der Waals surface area contributed by atoms with Crippen molar-refractivity contribution in [3.05, 3.63) is 34.9 Å². The molecule has 2 aliphatic rings. The second kappa shape index (κ2) is 6.64. The Balaban J connectivity index is 2.00. The molecule has 0 spiro atoms. The first-order valence-corrected chi connectivity index (χ1v) is 8.70. The summed E-state index contributed by atoms with van der Waals surface area (Å²) in [6.07, 6.45) is 13.0. The predicted molar refractivity (Wildman–Crippen MR) is 86.6 cm³/mol. The van der Waals surface area contributed by atoms with Crippen LogP contribution in [0.25, 0.3) is 0 Å². The third-order valence-electron chi connectivity index (χ3n) is 5.46. The Bertz CT molecular complexity index is 496. The van der Waals surface area contributed by atoms with E-state index in [1.807, 2.05) is 12.1 Å². The summed E-state index contributed by atoms with van der Waals surface area (Å²) in [4.78, 5) is 11.9. The Morgan fingerprint density at radius 2 is 1.43 bits per heavy atom. The Hall–Kier alpha value is -1.31. The monoisotopic (exact) mass is 285 g/mol. The van der Waals surface area contributed by atoms with Crippen LogP contribution in [0.5, 0.6) is 0 Å². The number of carbonyl (C=O) groups is 1. The number of benzene rings is 1. The van der Waals surface area contributed by atoms with Crippen LogP contribution in [0.15, 0.2) is 18.2 Å². The van der Waals surface area contributed by atoms with Crippen molar-refractivity contribution in [3.8, 4) is 0 Å². The van der Waals surface area contributed by atoms with E-state index in [1.54, 1.807) is 0 Å². The highest BCUT2D eigenvalue weighted by Gasteiger charge is 2.27. The van der Waals surface area contributed by atoms with E-state index in [9.17, 15) is 4.79 Å². The lowest BCUT2D eigenvalue weighted by Crippen LogP contribution is -2.20. The van der Waals surface area contributed by atoms with Gasteiger partial charge in [-0.05, 0) is 54.7 Å². The van der Waals surface area contributed by atoms with Crippen LogP contribution in [0.3, 0.4) is 0 Å². The standard InChI is InChI=1S/C19H27NO/c20-19(21)17-13-7-12-16(14-8-3-1-4-9-14)18(17)15-10-5-2-6-11-15/h7,12-15H,1-6,8-11H2,(H2,20,21). The van der Waals surface area contributed by atoms with Gasteiger partial charge in [0.1, 0.15) is 0 Å². The van der Waals surface area contributed by atoms with Crippen molar-refractivity contribution in [2.75, 3.05) is 0 Å². The number of amides is 1. The Morgan fingerprint density at radius 1 is 0.857 bits per heavy atom. The number of nitrogens with two attached hydrogens (primary N) is 1. The quantitative estimate of drug-likeness (QED) is 0.845. The zero-order chi connectivity index (χ0) is 14.7. The van der Waals surface area contributed by atoms with E-state index in [0.29, 0.717) is 11.8 Å². The summed E-state index contributed by atoms with van der Waals surface area (Å²) in [5, 5.41) is 0. The predicted octanol–water partition coefficient (Wildman–Crippen LogP) is 4.88. The number of carbonyl (C=O) groups excluding carboxylic acids is 1. The van der Waals surface area contributed by atoms with Gasteiger partial charge >= 0.3 is 0 Å². The molecule has 2 fully saturated rings. The van der Waals surface area contributed by atoms with Crippen LogP contribution in [-0.4, -0.2) is 5.91 Å². The lowest BCUT2D eigenvalue weighted by Gasteiger charge is -2.31. The molecule has 2 heteroatoms. The maximum absolute atomic E-state index is 11.9. The highest BCUT2D eigenvalue weighted by atomic mass is 16.1. The summed E-state index contributed by atoms with van der Waals surface area (Å²) >= 11 is 0. The fourth-order valence-electron chi connectivity index (χ4n) is 4.41. The second-order valence-corrected chi connectivity index (χ2v) is 6.84. The summed E-state index contributed by atoms with van der Waals surface area (Å²) in [6.45, 7) is 0. The van der Waals surface area contributed by atoms with Crippen molar-refractivity contribution in [1.29, 1.82) is 0 Å². The van der Waals surface area contributed by atoms with Crippen LogP contribution in [0.1, 0.15) is 97.5 Å². The molecule has 0 heterocycles. The SMILES string of the molecule is NC(=O)c1cccc(C2CCCCC2)c1C1CCCCC1. The Labute approximate surface area is 128 Å². The van der Waals surface area contributed by atoms with Gasteiger partial charge in [-0.1, -0.05) is 50.7 Å². The van der Waals surface area contributed by atoms with Gasteiger partial charge in [0.25, 0.3) is 0 Å². The zero-order valence-electron chi connectivity index (χ0n) is 12.9. The van der Waals surface area contributed by atoms with Crippen molar-refractivity contribution in [1.82, 2.24) is 0 Å². The normalized spacial score (nSPS) is 21.3. The summed E-state index contributed by atoms with van der Waals surface area (Å²) < 4.78 is 0. The van der Waals surface area contributed by atoms with Crippen LogP contribution >= 0.6 is 0 Å². The van der Waals surface area contributed by atoms with E-state index in [4.69, 9.17) is 5.73 Å². The van der Waals surface area contributed by atoms with E-state index >= 15 is 0 Å². The van der Waals surface area contributed by atoms with E-state index in [-0.39, 0.29) is 5.91 Å². The first kappa shape index (κ1) is 14.6. The van der Waals surface area contributed by atoms with E-state index in [1.165, 1.54) is 75.3 Å². The summed E-state index contributed by atoms with van der Waals surface area (Å²) in [5.74, 6) is 0.961. The molecule has 2 nitrogen and oxygen atoms in total. The maximum Gasteiger partial charge on any atom is 0.248 e. The highest BCUT2D eigenvalue weighted by molar-refractivity contribution is 5.95. The summed E-state index contributed by atoms with van der Waals surface area (Å²) in [7, 11) is 0. The maximum atomic E-state index is 11.9. The molecular formula is C19H27NO. The topological polar surface area (TPSA) is 43.1 Å². The minimum absolute atomic E-state index is 0.242. The fraction of sp³-hybridized carbons (Fsp3) is 0.632. The molecule has 1 amide bonds. The van der Waals surface area contributed by atoms with Gasteiger partial charge < -0.3 is 5.73 Å². The lowest BCUT2D eigenvalue weighted by molar-refractivity contribution is 0.0998. The molecule has 2 saturated carbocycles. The smallest absolute Gasteiger partial charge is 0.248 e. The molecule has 0 saturated heterocycles. The van der Waals surface area contributed by atoms with Crippen LogP contribution in [0.4, 0.5) is 0 Å². The molecule has 114 valence electrons. The van der Waals surface area contributed by atoms with Gasteiger partial charge in [-0.3, -0.25) is 4.79 Å². The van der Waals surface area contributed by atoms with E-state index < -0.39 is 0 Å². The Kier molecular flexibility index (Phi) is 4.62. The number of rotatable bonds is 3. The van der Waals surface area contributed by atoms with Crippen molar-refractivity contribution in [2.24, 2.45) is 5.73 Å². The molecular weight excluding hydrogens is 258 g/mol. The first-order chi connectivity index (χ1) is 10.3. The minimum atomic E-state index is -0.242. The molecule has 1 aromatic rings. The Morgan fingerprint density at radius 3 is 2.00 bits per heavy atom. The van der Waals surface area contributed by atoms with Gasteiger partial charge in [0.2, 0.25) is 5.91 Å². The van der Waals surface area contributed by atoms with Crippen molar-refractivity contribution in [3.63, 3.8) is 0 Å². The molecule has 0 unspecified atom stereocenters. The average Bonchev–Trinajstić information content (AvgIpc) is 2.55. The molecule has 1 aromatic carbocycles. The first-order valence-electron chi connectivity index (χ1n) is 8.70. The largest absolute Gasteiger partial charge is 0.366 e. The molecule has 0 atom stereocenters. The molecule has 0 aromatic heterocycles. The van der Waals surface area contributed by atoms with Gasteiger partial charge in [-0.2, -0.15) is 0 Å². The number of primary amides is 1. The van der Waals surface area contributed by atoms with Crippen LogP contribution in [-0.2, 0) is 0 Å². The zero-order valence-corrected chi connectivity index (χ0v) is 12.9. The van der Waals surface area contributed by atoms with Gasteiger partial charge in [0.15, 0.2) is 0 Å². The number of hydrogen-bond acceptors (Lipinski definition) is 1. The van der Waals surface area contributed by atoms with Gasteiger partial charge in [0, 0.05) is 5.56 Å². The average molecular weight is 285 g/mol. The summed E-state index contributed by atoms with van der Waals surface area (Å²) in [6, 6.07) is 6.25. The highest BCUT2D eigenvalue weighted by Crippen LogP contribution is 2.42. The molecule has 3 rings (SSSR count). The lowest BCUT2D eigenvalue weighted by atomic mass is 9.74. The van der Waals surface area contributed by atoms with Gasteiger partial charge in [0.05, 0.1) is 0 Å². The van der Waals surface area contributed by atoms with E-state index in [2.05, 4.69) is 6.07 Å². The molecule has 21 heavy (non-hydrogen) atoms. The van der Waals surface area contributed by atoms with Crippen LogP contribution < -0.4 is 5.73 Å². The van der Waals surface area contributed by atoms with E-state index in [0.717, 1.165) is 5.56 Å². The third kappa shape index (κ3) is 3.14. The fourth-order valence-corrected chi connectivity index (χ4v) is 4.41.